The molecule has 0 fully saturated rings. The van der Waals surface area contributed by atoms with Crippen LogP contribution in [0.2, 0.25) is 0 Å². The number of rotatable bonds is 8. The van der Waals surface area contributed by atoms with Crippen LogP contribution < -0.4 is 14.8 Å². The van der Waals surface area contributed by atoms with Gasteiger partial charge in [-0.25, -0.2) is 9.97 Å². The summed E-state index contributed by atoms with van der Waals surface area (Å²) in [5.74, 6) is 1.63. The average Bonchev–Trinajstić information content (AvgIpc) is 2.88. The van der Waals surface area contributed by atoms with Crippen molar-refractivity contribution in [1.82, 2.24) is 20.3 Å². The van der Waals surface area contributed by atoms with Crippen molar-refractivity contribution in [1.29, 1.82) is 0 Å². The lowest BCUT2D eigenvalue weighted by atomic mass is 10.1. The van der Waals surface area contributed by atoms with E-state index >= 15 is 0 Å². The Hall–Kier alpha value is -4.26. The van der Waals surface area contributed by atoms with Gasteiger partial charge in [-0.1, -0.05) is 30.3 Å². The number of carbonyl (C=O) groups is 1. The number of nitrogens with zero attached hydrogens (tertiary/aromatic N) is 3. The molecule has 7 nitrogen and oxygen atoms in total. The number of hydrogen-bond acceptors (Lipinski definition) is 6. The summed E-state index contributed by atoms with van der Waals surface area (Å²) < 4.78 is 11.0. The number of carbonyl (C=O) groups excluding carboxylic acids is 1. The quantitative estimate of drug-likeness (QED) is 0.430. The topological polar surface area (TPSA) is 86.2 Å². The fourth-order valence-electron chi connectivity index (χ4n) is 3.30. The minimum Gasteiger partial charge on any atom is -0.497 e. The Morgan fingerprint density at radius 2 is 1.67 bits per heavy atom. The third-order valence-corrected chi connectivity index (χ3v) is 5.11. The van der Waals surface area contributed by atoms with Crippen LogP contribution in [0.5, 0.6) is 11.5 Å². The van der Waals surface area contributed by atoms with Gasteiger partial charge in [-0.05, 0) is 48.9 Å². The Morgan fingerprint density at radius 3 is 2.36 bits per heavy atom. The molecule has 0 bridgehead atoms. The Balaban J connectivity index is 1.56. The Bertz CT molecular complexity index is 1200. The largest absolute Gasteiger partial charge is 0.497 e. The summed E-state index contributed by atoms with van der Waals surface area (Å²) in [5, 5.41) is 3.03. The van der Waals surface area contributed by atoms with Crippen LogP contribution in [0.15, 0.2) is 85.3 Å². The van der Waals surface area contributed by atoms with E-state index in [4.69, 9.17) is 9.47 Å². The molecule has 0 radical (unpaired) electrons. The molecular formula is C26H24N4O3. The van der Waals surface area contributed by atoms with Gasteiger partial charge in [0.05, 0.1) is 24.4 Å². The number of nitrogens with one attached hydrogen (secondary N) is 1. The second kappa shape index (κ2) is 10.4. The molecule has 1 atom stereocenters. The first-order chi connectivity index (χ1) is 16.1. The highest BCUT2D eigenvalue weighted by Gasteiger charge is 2.19. The molecule has 0 saturated carbocycles. The highest BCUT2D eigenvalue weighted by Crippen LogP contribution is 2.23. The zero-order valence-corrected chi connectivity index (χ0v) is 18.4. The van der Waals surface area contributed by atoms with Gasteiger partial charge in [0.1, 0.15) is 18.1 Å². The fraction of sp³-hybridized carbons (Fsp3) is 0.154. The number of aromatic nitrogens is 3. The molecule has 0 aliphatic rings. The minimum atomic E-state index is -0.249. The lowest BCUT2D eigenvalue weighted by molar-refractivity contribution is 0.0939. The summed E-state index contributed by atoms with van der Waals surface area (Å²) in [6, 6.07) is 20.5. The Morgan fingerprint density at radius 1 is 0.970 bits per heavy atom. The van der Waals surface area contributed by atoms with Crippen LogP contribution in [-0.2, 0) is 6.61 Å². The standard InChI is InChI=1S/C26H24N4O3/c1-18(19-6-4-3-5-7-19)29-26(31)23-16-28-24(30-25(23)20-12-14-27-15-13-20)17-33-22-10-8-21(32-2)9-11-22/h3-16,18H,17H2,1-2H3,(H,29,31). The number of hydrogen-bond donors (Lipinski definition) is 1. The van der Waals surface area contributed by atoms with E-state index < -0.39 is 0 Å². The van der Waals surface area contributed by atoms with E-state index in [2.05, 4.69) is 20.3 Å². The SMILES string of the molecule is COc1ccc(OCc2ncc(C(=O)NC(C)c3ccccc3)c(-c3ccncc3)n2)cc1. The summed E-state index contributed by atoms with van der Waals surface area (Å²) in [4.78, 5) is 26.2. The Labute approximate surface area is 192 Å². The van der Waals surface area contributed by atoms with Crippen LogP contribution in [0.4, 0.5) is 0 Å². The maximum absolute atomic E-state index is 13.1. The second-order valence-electron chi connectivity index (χ2n) is 7.35. The van der Waals surface area contributed by atoms with Gasteiger partial charge in [0.15, 0.2) is 5.82 Å². The predicted molar refractivity (Wildman–Crippen MR) is 125 cm³/mol. The smallest absolute Gasteiger partial charge is 0.255 e. The Kier molecular flexibility index (Phi) is 6.90. The highest BCUT2D eigenvalue weighted by molar-refractivity contribution is 5.99. The molecule has 1 amide bonds. The van der Waals surface area contributed by atoms with Gasteiger partial charge < -0.3 is 14.8 Å². The molecule has 33 heavy (non-hydrogen) atoms. The van der Waals surface area contributed by atoms with Crippen LogP contribution in [0, 0.1) is 0 Å². The van der Waals surface area contributed by atoms with Gasteiger partial charge in [-0.2, -0.15) is 0 Å². The van der Waals surface area contributed by atoms with E-state index in [1.54, 1.807) is 25.7 Å². The number of amides is 1. The molecule has 0 aliphatic heterocycles. The van der Waals surface area contributed by atoms with Crippen molar-refractivity contribution in [3.63, 3.8) is 0 Å². The minimum absolute atomic E-state index is 0.159. The van der Waals surface area contributed by atoms with Crippen LogP contribution in [0.3, 0.4) is 0 Å². The maximum Gasteiger partial charge on any atom is 0.255 e. The van der Waals surface area contributed by atoms with Gasteiger partial charge in [0, 0.05) is 24.2 Å². The van der Waals surface area contributed by atoms with Crippen molar-refractivity contribution >= 4 is 5.91 Å². The van der Waals surface area contributed by atoms with E-state index in [1.807, 2.05) is 73.7 Å². The number of benzene rings is 2. The number of ether oxygens (including phenoxy) is 2. The van der Waals surface area contributed by atoms with E-state index in [-0.39, 0.29) is 18.6 Å². The van der Waals surface area contributed by atoms with Crippen LogP contribution >= 0.6 is 0 Å². The monoisotopic (exact) mass is 440 g/mol. The van der Waals surface area contributed by atoms with E-state index in [0.29, 0.717) is 22.8 Å². The highest BCUT2D eigenvalue weighted by atomic mass is 16.5. The molecule has 2 aromatic heterocycles. The van der Waals surface area contributed by atoms with Crippen molar-refractivity contribution in [2.45, 2.75) is 19.6 Å². The molecule has 4 aromatic rings. The normalized spacial score (nSPS) is 11.5. The van der Waals surface area contributed by atoms with Gasteiger partial charge in [-0.3, -0.25) is 9.78 Å². The van der Waals surface area contributed by atoms with Crippen molar-refractivity contribution in [2.75, 3.05) is 7.11 Å². The van der Waals surface area contributed by atoms with Gasteiger partial charge in [0.2, 0.25) is 0 Å². The first-order valence-electron chi connectivity index (χ1n) is 10.5. The van der Waals surface area contributed by atoms with E-state index in [9.17, 15) is 4.79 Å². The van der Waals surface area contributed by atoms with Crippen molar-refractivity contribution < 1.29 is 14.3 Å². The lowest BCUT2D eigenvalue weighted by Crippen LogP contribution is -2.27. The molecular weight excluding hydrogens is 416 g/mol. The molecule has 7 heteroatoms. The summed E-state index contributed by atoms with van der Waals surface area (Å²) in [6.45, 7) is 2.10. The van der Waals surface area contributed by atoms with Gasteiger partial charge >= 0.3 is 0 Å². The predicted octanol–water partition coefficient (Wildman–Crippen LogP) is 4.62. The molecule has 0 saturated heterocycles. The third kappa shape index (κ3) is 5.51. The van der Waals surface area contributed by atoms with E-state index in [1.165, 1.54) is 0 Å². The van der Waals surface area contributed by atoms with Crippen LogP contribution in [0.1, 0.15) is 34.7 Å². The molecule has 4 rings (SSSR count). The molecule has 0 spiro atoms. The summed E-state index contributed by atoms with van der Waals surface area (Å²) in [6.07, 6.45) is 4.88. The molecule has 2 heterocycles. The maximum atomic E-state index is 13.1. The first kappa shape index (κ1) is 22.0. The zero-order chi connectivity index (χ0) is 23.0. The van der Waals surface area contributed by atoms with Crippen LogP contribution in [0.25, 0.3) is 11.3 Å². The summed E-state index contributed by atoms with van der Waals surface area (Å²) >= 11 is 0. The van der Waals surface area contributed by atoms with Gasteiger partial charge in [0.25, 0.3) is 5.91 Å². The zero-order valence-electron chi connectivity index (χ0n) is 18.4. The lowest BCUT2D eigenvalue weighted by Gasteiger charge is -2.16. The van der Waals surface area contributed by atoms with Crippen molar-refractivity contribution in [3.8, 4) is 22.8 Å². The van der Waals surface area contributed by atoms with Crippen molar-refractivity contribution in [3.05, 3.63) is 102 Å². The third-order valence-electron chi connectivity index (χ3n) is 5.11. The van der Waals surface area contributed by atoms with Crippen LogP contribution in [-0.4, -0.2) is 28.0 Å². The van der Waals surface area contributed by atoms with Crippen molar-refractivity contribution in [2.24, 2.45) is 0 Å². The number of methoxy groups -OCH3 is 1. The molecule has 0 aliphatic carbocycles. The first-order valence-corrected chi connectivity index (χ1v) is 10.5. The molecule has 1 unspecified atom stereocenters. The fourth-order valence-corrected chi connectivity index (χ4v) is 3.30. The molecule has 1 N–H and O–H groups in total. The second-order valence-corrected chi connectivity index (χ2v) is 7.35. The van der Waals surface area contributed by atoms with Gasteiger partial charge in [-0.15, -0.1) is 0 Å². The summed E-state index contributed by atoms with van der Waals surface area (Å²) in [7, 11) is 1.61. The molecule has 166 valence electrons. The molecule has 2 aromatic carbocycles. The summed E-state index contributed by atoms with van der Waals surface area (Å²) in [5.41, 5.74) is 2.70. The van der Waals surface area contributed by atoms with E-state index in [0.717, 1.165) is 16.9 Å². The number of pyridine rings is 1. The average molecular weight is 441 g/mol.